The Kier molecular flexibility index (Phi) is 6.62. The highest BCUT2D eigenvalue weighted by atomic mass is 32.1. The molecule has 1 atom stereocenters. The maximum Gasteiger partial charge on any atom is 0.340 e. The number of thiophene rings is 1. The first kappa shape index (κ1) is 20.5. The van der Waals surface area contributed by atoms with Crippen molar-refractivity contribution in [3.05, 3.63) is 51.7 Å². The summed E-state index contributed by atoms with van der Waals surface area (Å²) in [4.78, 5) is 36.7. The summed E-state index contributed by atoms with van der Waals surface area (Å²) in [5, 5.41) is 6.60. The summed E-state index contributed by atoms with van der Waals surface area (Å²) in [6.07, 6.45) is 0. The number of hydrogen-bond donors (Lipinski definition) is 2. The fourth-order valence-corrected chi connectivity index (χ4v) is 2.90. The van der Waals surface area contributed by atoms with E-state index in [4.69, 9.17) is 0 Å². The van der Waals surface area contributed by atoms with Gasteiger partial charge in [0.1, 0.15) is 17.7 Å². The molecular formula is C18H18F2N2O4S. The van der Waals surface area contributed by atoms with Crippen molar-refractivity contribution in [1.29, 1.82) is 0 Å². The van der Waals surface area contributed by atoms with Crippen LogP contribution in [0.25, 0.3) is 0 Å². The first-order chi connectivity index (χ1) is 12.7. The fraction of sp³-hybridized carbons (Fsp3) is 0.278. The van der Waals surface area contributed by atoms with Crippen molar-refractivity contribution in [2.45, 2.75) is 19.9 Å². The number of carbonyl (C=O) groups excluding carboxylic acids is 3. The Hall–Kier alpha value is -2.81. The Morgan fingerprint density at radius 2 is 1.85 bits per heavy atom. The number of halogens is 2. The van der Waals surface area contributed by atoms with Gasteiger partial charge in [-0.15, -0.1) is 11.3 Å². The van der Waals surface area contributed by atoms with Gasteiger partial charge in [-0.3, -0.25) is 9.59 Å². The highest BCUT2D eigenvalue weighted by molar-refractivity contribution is 7.12. The Labute approximate surface area is 158 Å². The SMILES string of the molecule is COC(=O)c1cc(NC(=O)C(NC(=O)c2cccs2)C(C)C)c(F)cc1F. The molecule has 0 bridgehead atoms. The Morgan fingerprint density at radius 3 is 2.41 bits per heavy atom. The number of anilines is 1. The highest BCUT2D eigenvalue weighted by Gasteiger charge is 2.26. The smallest absolute Gasteiger partial charge is 0.340 e. The van der Waals surface area contributed by atoms with Crippen molar-refractivity contribution in [3.63, 3.8) is 0 Å². The van der Waals surface area contributed by atoms with E-state index in [1.807, 2.05) is 0 Å². The predicted octanol–water partition coefficient (Wildman–Crippen LogP) is 3.21. The van der Waals surface area contributed by atoms with E-state index < -0.39 is 46.7 Å². The minimum atomic E-state index is -1.11. The van der Waals surface area contributed by atoms with E-state index in [2.05, 4.69) is 15.4 Å². The van der Waals surface area contributed by atoms with Crippen LogP contribution in [0.3, 0.4) is 0 Å². The zero-order valence-electron chi connectivity index (χ0n) is 14.8. The minimum absolute atomic E-state index is 0.308. The number of carbonyl (C=O) groups is 3. The van der Waals surface area contributed by atoms with Crippen molar-refractivity contribution >= 4 is 34.8 Å². The lowest BCUT2D eigenvalue weighted by Gasteiger charge is -2.21. The highest BCUT2D eigenvalue weighted by Crippen LogP contribution is 2.21. The monoisotopic (exact) mass is 396 g/mol. The average molecular weight is 396 g/mol. The van der Waals surface area contributed by atoms with E-state index in [9.17, 15) is 23.2 Å². The second-order valence-corrected chi connectivity index (χ2v) is 6.91. The van der Waals surface area contributed by atoms with Gasteiger partial charge in [0.2, 0.25) is 5.91 Å². The van der Waals surface area contributed by atoms with Gasteiger partial charge in [0.05, 0.1) is 23.2 Å². The zero-order valence-corrected chi connectivity index (χ0v) is 15.7. The molecule has 0 spiro atoms. The maximum atomic E-state index is 14.0. The molecule has 2 aromatic rings. The first-order valence-corrected chi connectivity index (χ1v) is 8.85. The lowest BCUT2D eigenvalue weighted by atomic mass is 10.0. The van der Waals surface area contributed by atoms with Crippen molar-refractivity contribution in [1.82, 2.24) is 5.32 Å². The molecule has 0 radical (unpaired) electrons. The number of benzene rings is 1. The third kappa shape index (κ3) is 4.88. The van der Waals surface area contributed by atoms with Crippen LogP contribution in [0.4, 0.5) is 14.5 Å². The van der Waals surface area contributed by atoms with Crippen LogP contribution >= 0.6 is 11.3 Å². The van der Waals surface area contributed by atoms with Crippen LogP contribution in [0.2, 0.25) is 0 Å². The van der Waals surface area contributed by atoms with E-state index in [1.54, 1.807) is 31.4 Å². The van der Waals surface area contributed by atoms with Crippen LogP contribution in [-0.4, -0.2) is 30.9 Å². The summed E-state index contributed by atoms with van der Waals surface area (Å²) in [6.45, 7) is 3.42. The summed E-state index contributed by atoms with van der Waals surface area (Å²) in [6, 6.07) is 3.68. The van der Waals surface area contributed by atoms with Gasteiger partial charge < -0.3 is 15.4 Å². The molecule has 0 saturated carbocycles. The van der Waals surface area contributed by atoms with Gasteiger partial charge in [-0.2, -0.15) is 0 Å². The number of ether oxygens (including phenoxy) is 1. The number of rotatable bonds is 6. The molecule has 1 aromatic heterocycles. The molecule has 1 aromatic carbocycles. The van der Waals surface area contributed by atoms with Gasteiger partial charge in [0, 0.05) is 6.07 Å². The summed E-state index contributed by atoms with van der Waals surface area (Å²) in [5.74, 6) is -4.61. The standard InChI is InChI=1S/C18H18F2N2O4S/c1-9(2)15(22-16(23)14-5-4-6-27-14)17(24)21-13-7-10(18(25)26-3)11(19)8-12(13)20/h4-9,15H,1-3H3,(H,21,24)(H,22,23). The van der Waals surface area contributed by atoms with Crippen LogP contribution in [0.1, 0.15) is 33.9 Å². The molecule has 0 fully saturated rings. The van der Waals surface area contributed by atoms with E-state index in [-0.39, 0.29) is 5.92 Å². The predicted molar refractivity (Wildman–Crippen MR) is 96.7 cm³/mol. The normalized spacial score (nSPS) is 11.8. The molecule has 2 rings (SSSR count). The number of methoxy groups -OCH3 is 1. The quantitative estimate of drug-likeness (QED) is 0.735. The van der Waals surface area contributed by atoms with Crippen molar-refractivity contribution < 1.29 is 27.9 Å². The Bertz CT molecular complexity index is 853. The van der Waals surface area contributed by atoms with Gasteiger partial charge in [-0.25, -0.2) is 13.6 Å². The largest absolute Gasteiger partial charge is 0.465 e. The molecule has 144 valence electrons. The zero-order chi connectivity index (χ0) is 20.1. The molecule has 0 aliphatic carbocycles. The molecule has 2 amide bonds. The minimum Gasteiger partial charge on any atom is -0.465 e. The number of esters is 1. The molecule has 0 aliphatic heterocycles. The molecule has 27 heavy (non-hydrogen) atoms. The van der Waals surface area contributed by atoms with Gasteiger partial charge in [0.25, 0.3) is 5.91 Å². The van der Waals surface area contributed by atoms with Crippen LogP contribution in [0, 0.1) is 17.6 Å². The fourth-order valence-electron chi connectivity index (χ4n) is 2.28. The summed E-state index contributed by atoms with van der Waals surface area (Å²) < 4.78 is 32.2. The second kappa shape index (κ2) is 8.72. The van der Waals surface area contributed by atoms with Crippen molar-refractivity contribution in [2.75, 3.05) is 12.4 Å². The van der Waals surface area contributed by atoms with Crippen molar-refractivity contribution in [3.8, 4) is 0 Å². The van der Waals surface area contributed by atoms with Crippen molar-refractivity contribution in [2.24, 2.45) is 5.92 Å². The average Bonchev–Trinajstić information content (AvgIpc) is 3.15. The molecule has 2 N–H and O–H groups in total. The molecule has 1 unspecified atom stereocenters. The maximum absolute atomic E-state index is 14.0. The molecule has 0 aliphatic rings. The lowest BCUT2D eigenvalue weighted by Crippen LogP contribution is -2.47. The Balaban J connectivity index is 2.22. The number of hydrogen-bond acceptors (Lipinski definition) is 5. The summed E-state index contributed by atoms with van der Waals surface area (Å²) in [5.41, 5.74) is -0.907. The van der Waals surface area contributed by atoms with E-state index in [1.165, 1.54) is 11.3 Å². The molecule has 6 nitrogen and oxygen atoms in total. The molecular weight excluding hydrogens is 378 g/mol. The van der Waals surface area contributed by atoms with Crippen LogP contribution in [0.15, 0.2) is 29.6 Å². The van der Waals surface area contributed by atoms with Crippen LogP contribution in [-0.2, 0) is 9.53 Å². The van der Waals surface area contributed by atoms with Gasteiger partial charge >= 0.3 is 5.97 Å². The van der Waals surface area contributed by atoms with E-state index >= 15 is 0 Å². The van der Waals surface area contributed by atoms with Gasteiger partial charge in [-0.05, 0) is 23.4 Å². The van der Waals surface area contributed by atoms with Crippen LogP contribution < -0.4 is 10.6 Å². The second-order valence-electron chi connectivity index (χ2n) is 5.97. The van der Waals surface area contributed by atoms with Crippen LogP contribution in [0.5, 0.6) is 0 Å². The summed E-state index contributed by atoms with van der Waals surface area (Å²) >= 11 is 1.22. The van der Waals surface area contributed by atoms with E-state index in [0.717, 1.165) is 13.2 Å². The molecule has 0 saturated heterocycles. The third-order valence-corrected chi connectivity index (χ3v) is 4.57. The van der Waals surface area contributed by atoms with Gasteiger partial charge in [-0.1, -0.05) is 19.9 Å². The number of amides is 2. The lowest BCUT2D eigenvalue weighted by molar-refractivity contribution is -0.118. The topological polar surface area (TPSA) is 84.5 Å². The van der Waals surface area contributed by atoms with E-state index in [0.29, 0.717) is 10.9 Å². The summed E-state index contributed by atoms with van der Waals surface area (Å²) in [7, 11) is 1.05. The Morgan fingerprint density at radius 1 is 1.15 bits per heavy atom. The molecule has 9 heteroatoms. The third-order valence-electron chi connectivity index (χ3n) is 3.70. The molecule has 1 heterocycles. The first-order valence-electron chi connectivity index (χ1n) is 7.97. The van der Waals surface area contributed by atoms with Gasteiger partial charge in [0.15, 0.2) is 0 Å². The number of nitrogens with one attached hydrogen (secondary N) is 2.